The van der Waals surface area contributed by atoms with Crippen LogP contribution in [0.25, 0.3) is 0 Å². The van der Waals surface area contributed by atoms with Crippen LogP contribution in [0, 0.1) is 11.3 Å². The molecule has 0 aliphatic rings. The molecular formula is C17H11Cl3N2O2. The van der Waals surface area contributed by atoms with Crippen LogP contribution in [0.5, 0.6) is 5.75 Å². The average molecular weight is 382 g/mol. The van der Waals surface area contributed by atoms with E-state index in [4.69, 9.17) is 44.8 Å². The molecule has 0 saturated heterocycles. The fourth-order valence-corrected chi connectivity index (χ4v) is 2.06. The number of nitrogens with one attached hydrogen (secondary N) is 1. The van der Waals surface area contributed by atoms with Crippen molar-refractivity contribution in [2.24, 2.45) is 0 Å². The summed E-state index contributed by atoms with van der Waals surface area (Å²) in [5.41, 5.74) is 1.12. The standard InChI is InChI=1S/C17H11Cl3N2O2/c18-13-5-1-11(2-6-13)10-24-14-7-3-12(4-8-14)17(23)22-15(9-21)16(19)20/h1-8H,10H2,(H,22,23). The molecule has 0 aromatic heterocycles. The van der Waals surface area contributed by atoms with Crippen molar-refractivity contribution in [3.8, 4) is 11.8 Å². The Labute approximate surface area is 154 Å². The fraction of sp³-hybridized carbons (Fsp3) is 0.0588. The first-order chi connectivity index (χ1) is 11.5. The highest BCUT2D eigenvalue weighted by atomic mass is 35.5. The molecule has 0 aliphatic carbocycles. The van der Waals surface area contributed by atoms with Gasteiger partial charge >= 0.3 is 0 Å². The SMILES string of the molecule is N#CC(NC(=O)c1ccc(OCc2ccc(Cl)cc2)cc1)=C(Cl)Cl. The van der Waals surface area contributed by atoms with Crippen molar-refractivity contribution < 1.29 is 9.53 Å². The van der Waals surface area contributed by atoms with Crippen molar-refractivity contribution >= 4 is 40.7 Å². The van der Waals surface area contributed by atoms with Crippen LogP contribution in [0.15, 0.2) is 58.7 Å². The monoisotopic (exact) mass is 380 g/mol. The molecule has 0 radical (unpaired) electrons. The molecule has 0 unspecified atom stereocenters. The van der Waals surface area contributed by atoms with Crippen LogP contribution in [0.4, 0.5) is 0 Å². The molecule has 1 amide bonds. The van der Waals surface area contributed by atoms with Gasteiger partial charge in [0.1, 0.15) is 22.9 Å². The van der Waals surface area contributed by atoms with Crippen molar-refractivity contribution in [3.63, 3.8) is 0 Å². The van der Waals surface area contributed by atoms with E-state index in [0.717, 1.165) is 5.56 Å². The Kier molecular flexibility index (Phi) is 6.51. The lowest BCUT2D eigenvalue weighted by Gasteiger charge is -2.08. The molecular weight excluding hydrogens is 371 g/mol. The van der Waals surface area contributed by atoms with Crippen molar-refractivity contribution in [1.29, 1.82) is 5.26 Å². The highest BCUT2D eigenvalue weighted by molar-refractivity contribution is 6.56. The van der Waals surface area contributed by atoms with Gasteiger partial charge in [-0.15, -0.1) is 0 Å². The first-order valence-corrected chi connectivity index (χ1v) is 7.87. The van der Waals surface area contributed by atoms with Crippen LogP contribution in [0.3, 0.4) is 0 Å². The molecule has 0 atom stereocenters. The summed E-state index contributed by atoms with van der Waals surface area (Å²) in [6, 6.07) is 15.5. The molecule has 2 rings (SSSR count). The van der Waals surface area contributed by atoms with Gasteiger partial charge in [-0.1, -0.05) is 46.9 Å². The zero-order valence-corrected chi connectivity index (χ0v) is 14.5. The number of hydrogen-bond acceptors (Lipinski definition) is 3. The minimum absolute atomic E-state index is 0.202. The predicted molar refractivity (Wildman–Crippen MR) is 94.0 cm³/mol. The maximum absolute atomic E-state index is 12.0. The first kappa shape index (κ1) is 18.2. The van der Waals surface area contributed by atoms with Crippen LogP contribution in [0.2, 0.25) is 5.02 Å². The van der Waals surface area contributed by atoms with E-state index in [0.29, 0.717) is 22.9 Å². The molecule has 1 N–H and O–H groups in total. The molecule has 24 heavy (non-hydrogen) atoms. The molecule has 0 bridgehead atoms. The number of amides is 1. The molecule has 122 valence electrons. The number of halogens is 3. The van der Waals surface area contributed by atoms with E-state index >= 15 is 0 Å². The summed E-state index contributed by atoms with van der Waals surface area (Å²) in [7, 11) is 0. The summed E-state index contributed by atoms with van der Waals surface area (Å²) < 4.78 is 5.33. The van der Waals surface area contributed by atoms with E-state index in [1.807, 2.05) is 12.1 Å². The van der Waals surface area contributed by atoms with Gasteiger partial charge in [-0.3, -0.25) is 4.79 Å². The third-order valence-electron chi connectivity index (χ3n) is 2.97. The van der Waals surface area contributed by atoms with E-state index in [-0.39, 0.29) is 10.2 Å². The van der Waals surface area contributed by atoms with Crippen LogP contribution in [-0.4, -0.2) is 5.91 Å². The van der Waals surface area contributed by atoms with E-state index in [1.165, 1.54) is 0 Å². The molecule has 0 fully saturated rings. The molecule has 2 aromatic carbocycles. The van der Waals surface area contributed by atoms with Crippen LogP contribution >= 0.6 is 34.8 Å². The van der Waals surface area contributed by atoms with Gasteiger partial charge in [0.15, 0.2) is 5.70 Å². The fourth-order valence-electron chi connectivity index (χ4n) is 1.75. The maximum Gasteiger partial charge on any atom is 0.256 e. The van der Waals surface area contributed by atoms with Crippen molar-refractivity contribution in [2.75, 3.05) is 0 Å². The van der Waals surface area contributed by atoms with Crippen LogP contribution in [-0.2, 0) is 6.61 Å². The van der Waals surface area contributed by atoms with Gasteiger partial charge in [-0.25, -0.2) is 0 Å². The van der Waals surface area contributed by atoms with E-state index in [9.17, 15) is 4.79 Å². The molecule has 0 aliphatic heterocycles. The Bertz CT molecular complexity index is 790. The molecule has 0 saturated carbocycles. The third kappa shape index (κ3) is 5.17. The zero-order valence-electron chi connectivity index (χ0n) is 12.2. The lowest BCUT2D eigenvalue weighted by molar-refractivity contribution is 0.0967. The van der Waals surface area contributed by atoms with E-state index in [2.05, 4.69) is 5.32 Å². The van der Waals surface area contributed by atoms with Gasteiger partial charge in [0, 0.05) is 10.6 Å². The summed E-state index contributed by atoms with van der Waals surface area (Å²) in [6.07, 6.45) is 0. The number of nitriles is 1. The quantitative estimate of drug-likeness (QED) is 0.755. The van der Waals surface area contributed by atoms with Crippen molar-refractivity contribution in [3.05, 3.63) is 74.9 Å². The summed E-state index contributed by atoms with van der Waals surface area (Å²) in [4.78, 5) is 12.0. The largest absolute Gasteiger partial charge is 0.489 e. The lowest BCUT2D eigenvalue weighted by Crippen LogP contribution is -2.22. The van der Waals surface area contributed by atoms with Gasteiger partial charge in [0.05, 0.1) is 0 Å². The van der Waals surface area contributed by atoms with Crippen molar-refractivity contribution in [1.82, 2.24) is 5.32 Å². The van der Waals surface area contributed by atoms with Crippen molar-refractivity contribution in [2.45, 2.75) is 6.61 Å². The molecule has 7 heteroatoms. The number of nitrogens with zero attached hydrogens (tertiary/aromatic N) is 1. The Morgan fingerprint density at radius 2 is 1.71 bits per heavy atom. The normalized spacial score (nSPS) is 9.75. The number of hydrogen-bond donors (Lipinski definition) is 1. The van der Waals surface area contributed by atoms with Gasteiger partial charge in [-0.05, 0) is 42.0 Å². The summed E-state index contributed by atoms with van der Waals surface area (Å²) in [5, 5.41) is 11.8. The Morgan fingerprint density at radius 3 is 2.25 bits per heavy atom. The summed E-state index contributed by atoms with van der Waals surface area (Å²) in [6.45, 7) is 0.381. The van der Waals surface area contributed by atoms with E-state index < -0.39 is 5.91 Å². The minimum Gasteiger partial charge on any atom is -0.489 e. The first-order valence-electron chi connectivity index (χ1n) is 6.73. The van der Waals surface area contributed by atoms with E-state index in [1.54, 1.807) is 42.5 Å². The number of carbonyl (C=O) groups is 1. The number of carbonyl (C=O) groups excluding carboxylic acids is 1. The Morgan fingerprint density at radius 1 is 1.08 bits per heavy atom. The molecule has 0 heterocycles. The number of ether oxygens (including phenoxy) is 1. The highest BCUT2D eigenvalue weighted by Gasteiger charge is 2.10. The smallest absolute Gasteiger partial charge is 0.256 e. The molecule has 4 nitrogen and oxygen atoms in total. The third-order valence-corrected chi connectivity index (χ3v) is 3.60. The summed E-state index contributed by atoms with van der Waals surface area (Å²) >= 11 is 16.8. The second-order valence-electron chi connectivity index (χ2n) is 4.64. The average Bonchev–Trinajstić information content (AvgIpc) is 2.59. The lowest BCUT2D eigenvalue weighted by atomic mass is 10.2. The predicted octanol–water partition coefficient (Wildman–Crippen LogP) is 4.82. The minimum atomic E-state index is -0.491. The van der Waals surface area contributed by atoms with Gasteiger partial charge < -0.3 is 10.1 Å². The zero-order chi connectivity index (χ0) is 17.5. The van der Waals surface area contributed by atoms with Gasteiger partial charge in [0.25, 0.3) is 5.91 Å². The van der Waals surface area contributed by atoms with Crippen LogP contribution < -0.4 is 10.1 Å². The Balaban J connectivity index is 1.97. The van der Waals surface area contributed by atoms with Gasteiger partial charge in [-0.2, -0.15) is 5.26 Å². The Hall–Kier alpha value is -2.19. The maximum atomic E-state index is 12.0. The molecule has 2 aromatic rings. The number of allylic oxidation sites excluding steroid dienone is 1. The number of rotatable bonds is 5. The topological polar surface area (TPSA) is 62.1 Å². The summed E-state index contributed by atoms with van der Waals surface area (Å²) in [5.74, 6) is 0.113. The van der Waals surface area contributed by atoms with Gasteiger partial charge in [0.2, 0.25) is 0 Å². The van der Waals surface area contributed by atoms with Crippen LogP contribution in [0.1, 0.15) is 15.9 Å². The second kappa shape index (κ2) is 8.60. The molecule has 0 spiro atoms. The highest BCUT2D eigenvalue weighted by Crippen LogP contribution is 2.17. The number of benzene rings is 2. The second-order valence-corrected chi connectivity index (χ2v) is 6.03.